The molecule has 4 aliphatic carbocycles. The lowest BCUT2D eigenvalue weighted by Gasteiger charge is -2.59. The summed E-state index contributed by atoms with van der Waals surface area (Å²) in [5.74, 6) is 0.364. The van der Waals surface area contributed by atoms with Crippen molar-refractivity contribution in [1.29, 1.82) is 0 Å². The number of hydrogen-bond donors (Lipinski definition) is 8. The molecule has 5 saturated heterocycles. The second-order valence-electron chi connectivity index (χ2n) is 20.3. The normalized spacial score (nSPS) is 56.0. The van der Waals surface area contributed by atoms with Crippen molar-refractivity contribution in [2.75, 3.05) is 13.2 Å². The van der Waals surface area contributed by atoms with E-state index in [0.29, 0.717) is 42.6 Å². The van der Waals surface area contributed by atoms with Crippen molar-refractivity contribution in [3.63, 3.8) is 0 Å². The molecule has 0 amide bonds. The van der Waals surface area contributed by atoms with Crippen LogP contribution in [0.25, 0.3) is 0 Å². The highest BCUT2D eigenvalue weighted by molar-refractivity contribution is 5.73. The Morgan fingerprint density at radius 1 is 0.667 bits per heavy atom. The summed E-state index contributed by atoms with van der Waals surface area (Å²) in [7, 11) is 0. The van der Waals surface area contributed by atoms with Gasteiger partial charge in [-0.25, -0.2) is 4.79 Å². The zero-order chi connectivity index (χ0) is 42.7. The number of carbonyl (C=O) groups is 1. The molecule has 5 heterocycles. The fourth-order valence-electron chi connectivity index (χ4n) is 13.2. The molecule has 4 unspecified atom stereocenters. The first kappa shape index (κ1) is 43.8. The van der Waals surface area contributed by atoms with Crippen molar-refractivity contribution in [3.05, 3.63) is 11.6 Å². The van der Waals surface area contributed by atoms with E-state index in [4.69, 9.17) is 37.9 Å². The highest BCUT2D eigenvalue weighted by Gasteiger charge is 2.63. The predicted molar refractivity (Wildman–Crippen MR) is 204 cm³/mol. The van der Waals surface area contributed by atoms with Crippen molar-refractivity contribution in [1.82, 2.24) is 0 Å². The van der Waals surface area contributed by atoms with Gasteiger partial charge in [-0.1, -0.05) is 46.3 Å². The van der Waals surface area contributed by atoms with Crippen LogP contribution in [-0.4, -0.2) is 170 Å². The van der Waals surface area contributed by atoms with Crippen molar-refractivity contribution < 1.29 is 83.5 Å². The molecule has 0 aromatic heterocycles. The second kappa shape index (κ2) is 16.2. The number of epoxide rings is 1. The molecule has 9 aliphatic rings. The summed E-state index contributed by atoms with van der Waals surface area (Å²) in [4.78, 5) is 12.3. The number of ether oxygens (including phenoxy) is 8. The summed E-state index contributed by atoms with van der Waals surface area (Å²) in [6.45, 7) is 11.0. The Kier molecular flexibility index (Phi) is 11.9. The minimum absolute atomic E-state index is 0.0722. The van der Waals surface area contributed by atoms with Crippen LogP contribution in [-0.2, 0) is 42.7 Å². The molecule has 3 saturated carbocycles. The number of aliphatic hydroxyl groups is 7. The number of carboxylic acids is 1. The fourth-order valence-corrected chi connectivity index (χ4v) is 13.2. The molecule has 60 heavy (non-hydrogen) atoms. The summed E-state index contributed by atoms with van der Waals surface area (Å²) < 4.78 is 49.5. The van der Waals surface area contributed by atoms with Crippen molar-refractivity contribution in [3.8, 4) is 0 Å². The van der Waals surface area contributed by atoms with Gasteiger partial charge in [0, 0.05) is 0 Å². The predicted octanol–water partition coefficient (Wildman–Crippen LogP) is 0.206. The van der Waals surface area contributed by atoms with Gasteiger partial charge in [-0.15, -0.1) is 0 Å². The first-order chi connectivity index (χ1) is 28.4. The van der Waals surface area contributed by atoms with Gasteiger partial charge >= 0.3 is 5.97 Å². The summed E-state index contributed by atoms with van der Waals surface area (Å²) in [5.41, 5.74) is 1.23. The topological polar surface area (TPSA) is 256 Å². The molecule has 8 N–H and O–H groups in total. The van der Waals surface area contributed by atoms with E-state index >= 15 is 0 Å². The molecule has 8 fully saturated rings. The van der Waals surface area contributed by atoms with Crippen LogP contribution in [0.5, 0.6) is 0 Å². The van der Waals surface area contributed by atoms with Crippen LogP contribution in [0.3, 0.4) is 0 Å². The molecule has 4 bridgehead atoms. The zero-order valence-corrected chi connectivity index (χ0v) is 35.0. The Labute approximate surface area is 350 Å². The van der Waals surface area contributed by atoms with Gasteiger partial charge in [0.05, 0.1) is 37.6 Å². The van der Waals surface area contributed by atoms with E-state index in [2.05, 4.69) is 40.7 Å². The number of hydrogen-bond acceptors (Lipinski definition) is 16. The Morgan fingerprint density at radius 2 is 1.37 bits per heavy atom. The van der Waals surface area contributed by atoms with Crippen LogP contribution in [0.4, 0.5) is 0 Å². The number of aliphatic carboxylic acids is 1. The van der Waals surface area contributed by atoms with Crippen LogP contribution in [0, 0.1) is 46.3 Å². The van der Waals surface area contributed by atoms with Gasteiger partial charge < -0.3 is 78.7 Å². The zero-order valence-electron chi connectivity index (χ0n) is 35.0. The number of fused-ring (bicyclic) bond motifs is 9. The van der Waals surface area contributed by atoms with E-state index in [1.54, 1.807) is 0 Å². The van der Waals surface area contributed by atoms with Gasteiger partial charge in [0.25, 0.3) is 0 Å². The molecule has 5 aliphatic heterocycles. The summed E-state index contributed by atoms with van der Waals surface area (Å²) in [6.07, 6.45) is -15.4. The minimum atomic E-state index is -1.95. The van der Waals surface area contributed by atoms with Gasteiger partial charge in [0.15, 0.2) is 25.0 Å². The Morgan fingerprint density at radius 3 is 2.08 bits per heavy atom. The maximum atomic E-state index is 12.3. The van der Waals surface area contributed by atoms with E-state index in [1.807, 2.05) is 0 Å². The summed E-state index contributed by atoms with van der Waals surface area (Å²) in [6, 6.07) is 0. The van der Waals surface area contributed by atoms with Gasteiger partial charge in [0.2, 0.25) is 0 Å². The average molecular weight is 855 g/mol. The van der Waals surface area contributed by atoms with E-state index in [1.165, 1.54) is 5.57 Å². The molecule has 0 aromatic carbocycles. The Hall–Kier alpha value is -1.39. The third kappa shape index (κ3) is 7.23. The summed E-state index contributed by atoms with van der Waals surface area (Å²) in [5, 5.41) is 87.5. The average Bonchev–Trinajstić information content (AvgIpc) is 3.94. The maximum absolute atomic E-state index is 12.3. The molecule has 0 spiro atoms. The molecular weight excluding hydrogens is 788 g/mol. The SMILES string of the molecule is CC(C)[C@@H]1O[C@H]1C(C)[C@H]1CCC2C3=C[C@H]4OC[C@@H]5O[C@@H](O[C@H]6[C@@H](OC[C@H](O)[C@@H]6O)O[C@H]6[C@H](O[C@H]7CC[C@](C)(C3CC[C@@]21C)C4C7)O[C@H](C(=O)O)[C@@H](O)[C@@H]6O)[C@H](O)[C@@H](O)[C@H]5O. The van der Waals surface area contributed by atoms with Crippen LogP contribution >= 0.6 is 0 Å². The van der Waals surface area contributed by atoms with Gasteiger partial charge in [-0.2, -0.15) is 0 Å². The van der Waals surface area contributed by atoms with Crippen LogP contribution in [0.1, 0.15) is 79.6 Å². The Balaban J connectivity index is 1.07. The lowest BCUT2D eigenvalue weighted by Crippen LogP contribution is -2.66. The minimum Gasteiger partial charge on any atom is -0.479 e. The maximum Gasteiger partial charge on any atom is 0.335 e. The standard InChI is InChI=1S/C43H66O17/c1-16(2)33-34(57-33)17(3)20-6-7-21-19-13-25-23-12-18(8-10-43(23,5)22(19)9-11-42(20,21)4)55-41-37(31(49)30(48)35(58-41)38(51)52)60-40-36(27(45)24(44)14-54-40)59-39-32(50)29(47)28(46)26(56-39)15-53-25/h13,16-18,20-37,39-41,44-50H,6-12,14-15H2,1-5H3,(H,51,52)/t17?,18-,20+,21?,22?,23?,24-,25+,26-,27-,28-,29-,30-,31-,32+,33-,34-,35-,36+,37+,39-,40-,41+,42+,43+/m0/s1. The monoisotopic (exact) mass is 854 g/mol. The second-order valence-corrected chi connectivity index (χ2v) is 20.3. The molecule has 0 aromatic rings. The van der Waals surface area contributed by atoms with E-state index in [0.717, 1.165) is 32.1 Å². The quantitative estimate of drug-likeness (QED) is 0.139. The third-order valence-electron chi connectivity index (χ3n) is 16.7. The highest BCUT2D eigenvalue weighted by atomic mass is 16.8. The Bertz CT molecular complexity index is 1610. The fraction of sp³-hybridized carbons (Fsp3) is 0.930. The lowest BCUT2D eigenvalue weighted by molar-refractivity contribution is -0.386. The van der Waals surface area contributed by atoms with E-state index < -0.39 is 111 Å². The van der Waals surface area contributed by atoms with Gasteiger partial charge in [-0.05, 0) is 91.3 Å². The van der Waals surface area contributed by atoms with Gasteiger partial charge in [-0.3, -0.25) is 0 Å². The highest BCUT2D eigenvalue weighted by Crippen LogP contribution is 2.68. The molecular formula is C43H66O17. The number of allylic oxidation sites excluding steroid dienone is 1. The van der Waals surface area contributed by atoms with E-state index in [-0.39, 0.29) is 35.4 Å². The van der Waals surface area contributed by atoms with Crippen molar-refractivity contribution in [2.45, 2.75) is 190 Å². The first-order valence-electron chi connectivity index (χ1n) is 22.3. The third-order valence-corrected chi connectivity index (χ3v) is 16.7. The smallest absolute Gasteiger partial charge is 0.335 e. The van der Waals surface area contributed by atoms with Gasteiger partial charge in [0.1, 0.15) is 61.0 Å². The number of aliphatic hydroxyl groups excluding tert-OH is 7. The molecule has 17 heteroatoms. The molecule has 17 nitrogen and oxygen atoms in total. The first-order valence-corrected chi connectivity index (χ1v) is 22.3. The van der Waals surface area contributed by atoms with Crippen molar-refractivity contribution >= 4 is 5.97 Å². The summed E-state index contributed by atoms with van der Waals surface area (Å²) >= 11 is 0. The largest absolute Gasteiger partial charge is 0.479 e. The van der Waals surface area contributed by atoms with Crippen LogP contribution in [0.2, 0.25) is 0 Å². The molecule has 0 radical (unpaired) electrons. The lowest BCUT2D eigenvalue weighted by atomic mass is 9.47. The van der Waals surface area contributed by atoms with Crippen LogP contribution in [0.15, 0.2) is 11.6 Å². The molecule has 25 atom stereocenters. The molecule has 340 valence electrons. The van der Waals surface area contributed by atoms with Crippen LogP contribution < -0.4 is 0 Å². The van der Waals surface area contributed by atoms with Crippen molar-refractivity contribution in [2.24, 2.45) is 46.3 Å². The number of carboxylic acid groups (broad SMARTS) is 1. The molecule has 9 rings (SSSR count). The van der Waals surface area contributed by atoms with E-state index in [9.17, 15) is 45.6 Å². The number of rotatable bonds is 4.